The molecule has 0 radical (unpaired) electrons. The monoisotopic (exact) mass is 418 g/mol. The van der Waals surface area contributed by atoms with Crippen molar-refractivity contribution in [2.45, 2.75) is 26.6 Å². The molecule has 0 fully saturated rings. The lowest BCUT2D eigenvalue weighted by Gasteiger charge is -2.12. The van der Waals surface area contributed by atoms with Crippen LogP contribution in [0.15, 0.2) is 64.2 Å². The Morgan fingerprint density at radius 3 is 2.67 bits per heavy atom. The molecule has 0 aliphatic rings. The zero-order valence-electron chi connectivity index (χ0n) is 16.2. The smallest absolute Gasteiger partial charge is 0.387 e. The van der Waals surface area contributed by atoms with Crippen molar-refractivity contribution in [3.8, 4) is 17.2 Å². The maximum absolute atomic E-state index is 14.1. The summed E-state index contributed by atoms with van der Waals surface area (Å²) < 4.78 is 49.1. The van der Waals surface area contributed by atoms with Gasteiger partial charge in [0.25, 0.3) is 0 Å². The van der Waals surface area contributed by atoms with E-state index in [2.05, 4.69) is 25.3 Å². The summed E-state index contributed by atoms with van der Waals surface area (Å²) in [4.78, 5) is 8.68. The van der Waals surface area contributed by atoms with Crippen LogP contribution in [-0.2, 0) is 13.1 Å². The number of nitrogens with one attached hydrogen (secondary N) is 2. The number of aliphatic imine (C=N–C) groups is 1. The molecule has 0 atom stereocenters. The van der Waals surface area contributed by atoms with Crippen LogP contribution in [0.4, 0.5) is 13.2 Å². The Morgan fingerprint density at radius 1 is 1.13 bits per heavy atom. The van der Waals surface area contributed by atoms with Crippen molar-refractivity contribution in [2.75, 3.05) is 6.54 Å². The van der Waals surface area contributed by atoms with E-state index in [1.807, 2.05) is 37.3 Å². The molecule has 0 spiro atoms. The minimum Gasteiger partial charge on any atom is -0.444 e. The number of oxazole rings is 1. The maximum atomic E-state index is 14.1. The van der Waals surface area contributed by atoms with Crippen LogP contribution in [-0.4, -0.2) is 24.1 Å². The van der Waals surface area contributed by atoms with Crippen LogP contribution < -0.4 is 15.4 Å². The Hall–Kier alpha value is -3.49. The molecule has 1 aromatic heterocycles. The molecule has 0 bridgehead atoms. The molecule has 2 aromatic carbocycles. The number of halogens is 3. The molecule has 3 aromatic rings. The van der Waals surface area contributed by atoms with Crippen molar-refractivity contribution in [3.05, 3.63) is 71.9 Å². The Bertz CT molecular complexity index is 977. The molecule has 158 valence electrons. The van der Waals surface area contributed by atoms with E-state index >= 15 is 0 Å². The highest BCUT2D eigenvalue weighted by Crippen LogP contribution is 2.24. The fraction of sp³-hybridized carbons (Fsp3) is 0.238. The lowest BCUT2D eigenvalue weighted by atomic mass is 10.2. The number of rotatable bonds is 8. The number of aromatic nitrogens is 1. The number of guanidine groups is 1. The fourth-order valence-corrected chi connectivity index (χ4v) is 2.67. The standard InChI is InChI=1S/C21H21F3N4O2/c1-2-25-21(27-12-16-17(22)9-6-10-18(16)30-20(23)24)26-11-15-13-29-19(28-15)14-7-4-3-5-8-14/h3-10,13,20H,2,11-12H2,1H3,(H2,25,26,27). The van der Waals surface area contributed by atoms with Crippen LogP contribution in [0, 0.1) is 5.82 Å². The molecule has 6 nitrogen and oxygen atoms in total. The molecule has 0 saturated carbocycles. The first-order chi connectivity index (χ1) is 14.6. The molecule has 0 unspecified atom stereocenters. The van der Waals surface area contributed by atoms with Gasteiger partial charge in [-0.3, -0.25) is 0 Å². The van der Waals surface area contributed by atoms with Crippen molar-refractivity contribution in [2.24, 2.45) is 4.99 Å². The summed E-state index contributed by atoms with van der Waals surface area (Å²) in [5.41, 5.74) is 1.45. The Morgan fingerprint density at radius 2 is 1.93 bits per heavy atom. The van der Waals surface area contributed by atoms with Gasteiger partial charge in [-0.1, -0.05) is 24.3 Å². The number of hydrogen-bond donors (Lipinski definition) is 2. The number of hydrogen-bond acceptors (Lipinski definition) is 4. The minimum atomic E-state index is -3.05. The van der Waals surface area contributed by atoms with Crippen LogP contribution >= 0.6 is 0 Å². The van der Waals surface area contributed by atoms with E-state index < -0.39 is 12.4 Å². The molecular formula is C21H21F3N4O2. The summed E-state index contributed by atoms with van der Waals surface area (Å²) in [5.74, 6) is -0.0483. The van der Waals surface area contributed by atoms with E-state index in [1.165, 1.54) is 24.5 Å². The predicted octanol–water partition coefficient (Wildman–Crippen LogP) is 4.34. The molecule has 1 heterocycles. The van der Waals surface area contributed by atoms with Crippen molar-refractivity contribution in [1.29, 1.82) is 0 Å². The van der Waals surface area contributed by atoms with Gasteiger partial charge in [-0.15, -0.1) is 0 Å². The second kappa shape index (κ2) is 10.3. The summed E-state index contributed by atoms with van der Waals surface area (Å²) in [6, 6.07) is 13.2. The van der Waals surface area contributed by atoms with Gasteiger partial charge in [0.15, 0.2) is 5.96 Å². The van der Waals surface area contributed by atoms with Crippen LogP contribution in [0.1, 0.15) is 18.2 Å². The topological polar surface area (TPSA) is 71.7 Å². The minimum absolute atomic E-state index is 0.0530. The van der Waals surface area contributed by atoms with Crippen molar-refractivity contribution in [1.82, 2.24) is 15.6 Å². The van der Waals surface area contributed by atoms with Gasteiger partial charge in [0.1, 0.15) is 17.8 Å². The third kappa shape index (κ3) is 5.76. The van der Waals surface area contributed by atoms with Gasteiger partial charge in [-0.05, 0) is 31.2 Å². The first kappa shape index (κ1) is 21.2. The van der Waals surface area contributed by atoms with Crippen molar-refractivity contribution < 1.29 is 22.3 Å². The number of ether oxygens (including phenoxy) is 1. The molecular weight excluding hydrogens is 397 g/mol. The number of benzene rings is 2. The summed E-state index contributed by atoms with van der Waals surface area (Å²) in [7, 11) is 0. The van der Waals surface area contributed by atoms with E-state index in [-0.39, 0.29) is 17.9 Å². The van der Waals surface area contributed by atoms with Crippen LogP contribution in [0.3, 0.4) is 0 Å². The quantitative estimate of drug-likeness (QED) is 0.421. The maximum Gasteiger partial charge on any atom is 0.387 e. The Labute approximate surface area is 171 Å². The first-order valence-corrected chi connectivity index (χ1v) is 9.31. The van der Waals surface area contributed by atoms with Gasteiger partial charge in [0.05, 0.1) is 24.3 Å². The highest BCUT2D eigenvalue weighted by atomic mass is 19.3. The predicted molar refractivity (Wildman–Crippen MR) is 107 cm³/mol. The molecule has 3 rings (SSSR count). The average Bonchev–Trinajstić information content (AvgIpc) is 3.21. The van der Waals surface area contributed by atoms with Gasteiger partial charge < -0.3 is 19.8 Å². The van der Waals surface area contributed by atoms with E-state index in [1.54, 1.807) is 0 Å². The molecule has 0 saturated heterocycles. The number of nitrogens with zero attached hydrogens (tertiary/aromatic N) is 2. The highest BCUT2D eigenvalue weighted by molar-refractivity contribution is 5.79. The third-order valence-corrected chi connectivity index (χ3v) is 4.04. The average molecular weight is 418 g/mol. The summed E-state index contributed by atoms with van der Waals surface area (Å²) in [5, 5.41) is 6.07. The van der Waals surface area contributed by atoms with Gasteiger partial charge in [-0.25, -0.2) is 14.4 Å². The second-order valence-electron chi connectivity index (χ2n) is 6.15. The molecule has 0 amide bonds. The fourth-order valence-electron chi connectivity index (χ4n) is 2.67. The van der Waals surface area contributed by atoms with Crippen molar-refractivity contribution >= 4 is 5.96 Å². The zero-order chi connectivity index (χ0) is 21.3. The van der Waals surface area contributed by atoms with Gasteiger partial charge in [0.2, 0.25) is 5.89 Å². The van der Waals surface area contributed by atoms with E-state index in [0.29, 0.717) is 30.6 Å². The summed E-state index contributed by atoms with van der Waals surface area (Å²) in [6.45, 7) is -0.503. The first-order valence-electron chi connectivity index (χ1n) is 9.31. The lowest BCUT2D eigenvalue weighted by Crippen LogP contribution is -2.36. The van der Waals surface area contributed by atoms with Gasteiger partial charge in [-0.2, -0.15) is 8.78 Å². The summed E-state index contributed by atoms with van der Waals surface area (Å²) >= 11 is 0. The zero-order valence-corrected chi connectivity index (χ0v) is 16.2. The SMILES string of the molecule is CCNC(=NCc1c(F)cccc1OC(F)F)NCc1coc(-c2ccccc2)n1. The van der Waals surface area contributed by atoms with Crippen LogP contribution in [0.5, 0.6) is 5.75 Å². The van der Waals surface area contributed by atoms with Gasteiger partial charge >= 0.3 is 6.61 Å². The molecule has 9 heteroatoms. The Balaban J connectivity index is 1.68. The molecule has 2 N–H and O–H groups in total. The number of alkyl halides is 2. The van der Waals surface area contributed by atoms with E-state index in [4.69, 9.17) is 4.42 Å². The largest absolute Gasteiger partial charge is 0.444 e. The second-order valence-corrected chi connectivity index (χ2v) is 6.15. The molecule has 30 heavy (non-hydrogen) atoms. The molecule has 0 aliphatic carbocycles. The summed E-state index contributed by atoms with van der Waals surface area (Å²) in [6.07, 6.45) is 1.53. The van der Waals surface area contributed by atoms with Crippen LogP contribution in [0.2, 0.25) is 0 Å². The Kier molecular flexibility index (Phi) is 7.31. The van der Waals surface area contributed by atoms with Gasteiger partial charge in [0, 0.05) is 12.1 Å². The highest BCUT2D eigenvalue weighted by Gasteiger charge is 2.14. The van der Waals surface area contributed by atoms with E-state index in [0.717, 1.165) is 5.56 Å². The van der Waals surface area contributed by atoms with Crippen LogP contribution in [0.25, 0.3) is 11.5 Å². The molecule has 0 aliphatic heterocycles. The lowest BCUT2D eigenvalue weighted by molar-refractivity contribution is -0.0506. The van der Waals surface area contributed by atoms with E-state index in [9.17, 15) is 13.2 Å². The third-order valence-electron chi connectivity index (χ3n) is 4.04. The normalized spacial score (nSPS) is 11.6. The van der Waals surface area contributed by atoms with Crippen molar-refractivity contribution in [3.63, 3.8) is 0 Å².